The minimum absolute atomic E-state index is 0.0130. The van der Waals surface area contributed by atoms with Crippen LogP contribution >= 0.6 is 0 Å². The van der Waals surface area contributed by atoms with Crippen molar-refractivity contribution in [3.8, 4) is 0 Å². The molecule has 1 aliphatic rings. The van der Waals surface area contributed by atoms with Gasteiger partial charge in [-0.15, -0.1) is 0 Å². The summed E-state index contributed by atoms with van der Waals surface area (Å²) in [5, 5.41) is 0. The van der Waals surface area contributed by atoms with Crippen molar-refractivity contribution in [3.05, 3.63) is 29.8 Å². The zero-order chi connectivity index (χ0) is 13.0. The Kier molecular flexibility index (Phi) is 4.21. The lowest BCUT2D eigenvalue weighted by molar-refractivity contribution is 0.186. The van der Waals surface area contributed by atoms with Crippen molar-refractivity contribution >= 4 is 15.7 Å². The van der Waals surface area contributed by atoms with E-state index in [2.05, 4.69) is 4.72 Å². The molecule has 1 unspecified atom stereocenters. The maximum absolute atomic E-state index is 11.9. The Balaban J connectivity index is 1.88. The largest absolute Gasteiger partial charge is 0.399 e. The standard InChI is InChI=1S/C12H18N2O3S/c13-12-3-1-10(2-4-12)9-18(15,16)14-7-11-5-6-17-8-11/h1-4,11,14H,5-9,13H2. The second-order valence-corrected chi connectivity index (χ2v) is 6.39. The van der Waals surface area contributed by atoms with E-state index in [1.165, 1.54) is 0 Å². The van der Waals surface area contributed by atoms with Crippen LogP contribution < -0.4 is 10.5 Å². The third-order valence-corrected chi connectivity index (χ3v) is 4.27. The third-order valence-electron chi connectivity index (χ3n) is 2.95. The number of nitrogen functional groups attached to an aromatic ring is 1. The number of hydrogen-bond acceptors (Lipinski definition) is 4. The van der Waals surface area contributed by atoms with E-state index < -0.39 is 10.0 Å². The lowest BCUT2D eigenvalue weighted by Crippen LogP contribution is -2.30. The molecule has 1 heterocycles. The minimum Gasteiger partial charge on any atom is -0.399 e. The second kappa shape index (κ2) is 5.69. The Hall–Kier alpha value is -1.11. The zero-order valence-electron chi connectivity index (χ0n) is 10.1. The van der Waals surface area contributed by atoms with Gasteiger partial charge in [0.05, 0.1) is 12.4 Å². The second-order valence-electron chi connectivity index (χ2n) is 4.58. The monoisotopic (exact) mass is 270 g/mol. The maximum Gasteiger partial charge on any atom is 0.215 e. The van der Waals surface area contributed by atoms with Crippen LogP contribution in [0, 0.1) is 5.92 Å². The Morgan fingerprint density at radius 2 is 2.06 bits per heavy atom. The van der Waals surface area contributed by atoms with Crippen molar-refractivity contribution in [3.63, 3.8) is 0 Å². The summed E-state index contributed by atoms with van der Waals surface area (Å²) in [7, 11) is -3.28. The van der Waals surface area contributed by atoms with Gasteiger partial charge in [0.1, 0.15) is 0 Å². The third kappa shape index (κ3) is 3.97. The fourth-order valence-corrected chi connectivity index (χ4v) is 3.10. The molecular formula is C12H18N2O3S. The van der Waals surface area contributed by atoms with Gasteiger partial charge >= 0.3 is 0 Å². The first-order valence-corrected chi connectivity index (χ1v) is 7.60. The van der Waals surface area contributed by atoms with E-state index in [1.807, 2.05) is 0 Å². The quantitative estimate of drug-likeness (QED) is 0.773. The van der Waals surface area contributed by atoms with Crippen molar-refractivity contribution in [2.45, 2.75) is 12.2 Å². The normalized spacial score (nSPS) is 20.1. The summed E-state index contributed by atoms with van der Waals surface area (Å²) in [5.41, 5.74) is 6.92. The molecular weight excluding hydrogens is 252 g/mol. The van der Waals surface area contributed by atoms with Gasteiger partial charge in [-0.1, -0.05) is 12.1 Å². The highest BCUT2D eigenvalue weighted by Gasteiger charge is 2.19. The summed E-state index contributed by atoms with van der Waals surface area (Å²) < 4.78 is 31.5. The molecule has 18 heavy (non-hydrogen) atoms. The minimum atomic E-state index is -3.28. The van der Waals surface area contributed by atoms with Crippen LogP contribution in [0.25, 0.3) is 0 Å². The van der Waals surface area contributed by atoms with Crippen LogP contribution in [0.4, 0.5) is 5.69 Å². The van der Waals surface area contributed by atoms with Crippen LogP contribution in [0.1, 0.15) is 12.0 Å². The molecule has 5 nitrogen and oxygen atoms in total. The average molecular weight is 270 g/mol. The van der Waals surface area contributed by atoms with E-state index in [0.717, 1.165) is 18.6 Å². The molecule has 0 aromatic heterocycles. The highest BCUT2D eigenvalue weighted by molar-refractivity contribution is 7.88. The topological polar surface area (TPSA) is 81.4 Å². The molecule has 0 amide bonds. The Morgan fingerprint density at radius 3 is 2.67 bits per heavy atom. The zero-order valence-corrected chi connectivity index (χ0v) is 10.9. The summed E-state index contributed by atoms with van der Waals surface area (Å²) >= 11 is 0. The first-order valence-electron chi connectivity index (χ1n) is 5.95. The van der Waals surface area contributed by atoms with E-state index >= 15 is 0 Å². The van der Waals surface area contributed by atoms with E-state index in [4.69, 9.17) is 10.5 Å². The van der Waals surface area contributed by atoms with Crippen LogP contribution in [-0.2, 0) is 20.5 Å². The Morgan fingerprint density at radius 1 is 1.33 bits per heavy atom. The van der Waals surface area contributed by atoms with Gasteiger partial charge in [0.15, 0.2) is 0 Å². The van der Waals surface area contributed by atoms with E-state index in [9.17, 15) is 8.42 Å². The molecule has 0 bridgehead atoms. The molecule has 1 fully saturated rings. The number of ether oxygens (including phenoxy) is 1. The number of rotatable bonds is 5. The summed E-state index contributed by atoms with van der Waals surface area (Å²) in [6.07, 6.45) is 0.921. The average Bonchev–Trinajstić information content (AvgIpc) is 2.83. The van der Waals surface area contributed by atoms with Crippen molar-refractivity contribution in [1.29, 1.82) is 0 Å². The summed E-state index contributed by atoms with van der Waals surface area (Å²) in [6, 6.07) is 6.87. The molecule has 2 rings (SSSR count). The molecule has 0 saturated carbocycles. The van der Waals surface area contributed by atoms with Crippen LogP contribution in [0.15, 0.2) is 24.3 Å². The molecule has 1 aromatic rings. The van der Waals surface area contributed by atoms with Gasteiger partial charge < -0.3 is 10.5 Å². The molecule has 0 aliphatic carbocycles. The summed E-state index contributed by atoms with van der Waals surface area (Å²) in [4.78, 5) is 0. The van der Waals surface area contributed by atoms with Crippen LogP contribution in [0.2, 0.25) is 0 Å². The van der Waals surface area contributed by atoms with Crippen LogP contribution in [0.3, 0.4) is 0 Å². The van der Waals surface area contributed by atoms with Crippen molar-refractivity contribution in [2.24, 2.45) is 5.92 Å². The Labute approximate surface area is 107 Å². The lowest BCUT2D eigenvalue weighted by atomic mass is 10.1. The van der Waals surface area contributed by atoms with Crippen LogP contribution in [0.5, 0.6) is 0 Å². The summed E-state index contributed by atoms with van der Waals surface area (Å²) in [6.45, 7) is 1.83. The predicted molar refractivity (Wildman–Crippen MR) is 70.4 cm³/mol. The number of sulfonamides is 1. The molecule has 0 radical (unpaired) electrons. The van der Waals surface area contributed by atoms with E-state index in [1.54, 1.807) is 24.3 Å². The Bertz CT molecular complexity index is 479. The number of hydrogen-bond donors (Lipinski definition) is 2. The number of nitrogens with one attached hydrogen (secondary N) is 1. The first-order chi connectivity index (χ1) is 8.55. The van der Waals surface area contributed by atoms with Gasteiger partial charge in [-0.05, 0) is 30.0 Å². The smallest absolute Gasteiger partial charge is 0.215 e. The number of anilines is 1. The van der Waals surface area contributed by atoms with Crippen molar-refractivity contribution in [2.75, 3.05) is 25.5 Å². The van der Waals surface area contributed by atoms with Crippen molar-refractivity contribution in [1.82, 2.24) is 4.72 Å². The maximum atomic E-state index is 11.9. The molecule has 100 valence electrons. The van der Waals surface area contributed by atoms with Gasteiger partial charge in [0, 0.05) is 18.8 Å². The predicted octanol–water partition coefficient (Wildman–Crippen LogP) is 0.725. The SMILES string of the molecule is Nc1ccc(CS(=O)(=O)NCC2CCOC2)cc1. The van der Waals surface area contributed by atoms with E-state index in [0.29, 0.717) is 24.8 Å². The van der Waals surface area contributed by atoms with Crippen molar-refractivity contribution < 1.29 is 13.2 Å². The van der Waals surface area contributed by atoms with Gasteiger partial charge in [-0.2, -0.15) is 0 Å². The molecule has 0 spiro atoms. The fraction of sp³-hybridized carbons (Fsp3) is 0.500. The van der Waals surface area contributed by atoms with Gasteiger partial charge in [0.25, 0.3) is 0 Å². The number of benzene rings is 1. The number of nitrogens with two attached hydrogens (primary N) is 1. The van der Waals surface area contributed by atoms with Gasteiger partial charge in [-0.25, -0.2) is 13.1 Å². The molecule has 1 atom stereocenters. The molecule has 1 aliphatic heterocycles. The molecule has 3 N–H and O–H groups in total. The lowest BCUT2D eigenvalue weighted by Gasteiger charge is -2.10. The summed E-state index contributed by atoms with van der Waals surface area (Å²) in [5.74, 6) is 0.284. The van der Waals surface area contributed by atoms with Gasteiger partial charge in [0.2, 0.25) is 10.0 Å². The molecule has 1 aromatic carbocycles. The van der Waals surface area contributed by atoms with E-state index in [-0.39, 0.29) is 5.75 Å². The molecule has 1 saturated heterocycles. The van der Waals surface area contributed by atoms with Crippen LogP contribution in [-0.4, -0.2) is 28.2 Å². The first kappa shape index (κ1) is 13.3. The highest BCUT2D eigenvalue weighted by Crippen LogP contribution is 2.12. The highest BCUT2D eigenvalue weighted by atomic mass is 32.2. The molecule has 6 heteroatoms. The van der Waals surface area contributed by atoms with Gasteiger partial charge in [-0.3, -0.25) is 0 Å². The fourth-order valence-electron chi connectivity index (χ4n) is 1.87.